The molecule has 0 N–H and O–H groups in total. The maximum atomic E-state index is 12.4. The number of piperidine rings is 1. The first-order chi connectivity index (χ1) is 10.7. The Balaban J connectivity index is 1.90. The second kappa shape index (κ2) is 6.18. The fourth-order valence-corrected chi connectivity index (χ4v) is 2.95. The zero-order valence-electron chi connectivity index (χ0n) is 12.8. The lowest BCUT2D eigenvalue weighted by atomic mass is 10.1. The van der Waals surface area contributed by atoms with Gasteiger partial charge in [-0.1, -0.05) is 18.2 Å². The van der Waals surface area contributed by atoms with E-state index in [2.05, 4.69) is 0 Å². The van der Waals surface area contributed by atoms with Gasteiger partial charge in [-0.3, -0.25) is 9.59 Å². The molecule has 0 saturated carbocycles. The van der Waals surface area contributed by atoms with Gasteiger partial charge in [0.2, 0.25) is 5.91 Å². The van der Waals surface area contributed by atoms with Crippen LogP contribution in [0.2, 0.25) is 0 Å². The largest absolute Gasteiger partial charge is 0.339 e. The number of benzene rings is 1. The fourth-order valence-electron chi connectivity index (χ4n) is 2.95. The SMILES string of the molecule is Cn1c(=O)c(/C=C/C(=O)N2CCCCC2)cc2ccccc21. The average molecular weight is 296 g/mol. The van der Waals surface area contributed by atoms with Crippen molar-refractivity contribution in [1.29, 1.82) is 0 Å². The van der Waals surface area contributed by atoms with E-state index in [1.165, 1.54) is 12.5 Å². The Hall–Kier alpha value is -2.36. The van der Waals surface area contributed by atoms with E-state index in [4.69, 9.17) is 0 Å². The molecule has 2 heterocycles. The summed E-state index contributed by atoms with van der Waals surface area (Å²) >= 11 is 0. The van der Waals surface area contributed by atoms with Gasteiger partial charge in [-0.2, -0.15) is 0 Å². The second-order valence-electron chi connectivity index (χ2n) is 5.74. The topological polar surface area (TPSA) is 42.3 Å². The molecule has 3 rings (SSSR count). The van der Waals surface area contributed by atoms with E-state index in [-0.39, 0.29) is 11.5 Å². The Morgan fingerprint density at radius 1 is 1.14 bits per heavy atom. The number of likely N-dealkylation sites (tertiary alicyclic amines) is 1. The summed E-state index contributed by atoms with van der Waals surface area (Å²) in [6, 6.07) is 9.59. The Morgan fingerprint density at radius 2 is 1.86 bits per heavy atom. The number of nitrogens with zero attached hydrogens (tertiary/aromatic N) is 2. The van der Waals surface area contributed by atoms with Gasteiger partial charge in [0, 0.05) is 31.8 Å². The molecule has 0 radical (unpaired) electrons. The number of hydrogen-bond donors (Lipinski definition) is 0. The van der Waals surface area contributed by atoms with Crippen molar-refractivity contribution in [2.45, 2.75) is 19.3 Å². The number of para-hydroxylation sites is 1. The van der Waals surface area contributed by atoms with Crippen molar-refractivity contribution < 1.29 is 4.79 Å². The van der Waals surface area contributed by atoms with Crippen molar-refractivity contribution in [3.63, 3.8) is 0 Å². The van der Waals surface area contributed by atoms with Crippen LogP contribution in [0.25, 0.3) is 17.0 Å². The minimum Gasteiger partial charge on any atom is -0.339 e. The van der Waals surface area contributed by atoms with E-state index < -0.39 is 0 Å². The number of fused-ring (bicyclic) bond motifs is 1. The lowest BCUT2D eigenvalue weighted by molar-refractivity contribution is -0.126. The molecule has 2 aromatic rings. The molecule has 0 unspecified atom stereocenters. The summed E-state index contributed by atoms with van der Waals surface area (Å²) in [4.78, 5) is 26.4. The third kappa shape index (κ3) is 2.82. The molecule has 0 bridgehead atoms. The minimum absolute atomic E-state index is 0.00471. The third-order valence-electron chi connectivity index (χ3n) is 4.23. The first-order valence-corrected chi connectivity index (χ1v) is 7.72. The molecule has 1 aromatic carbocycles. The van der Waals surface area contributed by atoms with E-state index >= 15 is 0 Å². The van der Waals surface area contributed by atoms with Crippen LogP contribution in [0.4, 0.5) is 0 Å². The normalized spacial score (nSPS) is 15.6. The summed E-state index contributed by atoms with van der Waals surface area (Å²) in [5.74, 6) is -0.00471. The molecule has 0 atom stereocenters. The first kappa shape index (κ1) is 14.6. The quantitative estimate of drug-likeness (QED) is 0.799. The van der Waals surface area contributed by atoms with E-state index in [0.29, 0.717) is 5.56 Å². The lowest BCUT2D eigenvalue weighted by Crippen LogP contribution is -2.34. The number of carbonyl (C=O) groups is 1. The molecule has 4 heteroatoms. The molecule has 1 amide bonds. The Bertz CT molecular complexity index is 783. The van der Waals surface area contributed by atoms with E-state index in [0.717, 1.165) is 36.8 Å². The van der Waals surface area contributed by atoms with Crippen LogP contribution in [-0.2, 0) is 11.8 Å². The van der Waals surface area contributed by atoms with Gasteiger partial charge in [0.15, 0.2) is 0 Å². The third-order valence-corrected chi connectivity index (χ3v) is 4.23. The van der Waals surface area contributed by atoms with Crippen LogP contribution >= 0.6 is 0 Å². The van der Waals surface area contributed by atoms with Crippen molar-refractivity contribution in [3.05, 3.63) is 52.3 Å². The molecule has 22 heavy (non-hydrogen) atoms. The Kier molecular flexibility index (Phi) is 4.09. The van der Waals surface area contributed by atoms with Crippen LogP contribution < -0.4 is 5.56 Å². The van der Waals surface area contributed by atoms with Crippen molar-refractivity contribution in [2.75, 3.05) is 13.1 Å². The van der Waals surface area contributed by atoms with Gasteiger partial charge >= 0.3 is 0 Å². The molecule has 1 saturated heterocycles. The highest BCUT2D eigenvalue weighted by atomic mass is 16.2. The van der Waals surface area contributed by atoms with E-state index in [1.54, 1.807) is 17.7 Å². The molecule has 1 aromatic heterocycles. The summed E-state index contributed by atoms with van der Waals surface area (Å²) < 4.78 is 1.63. The second-order valence-corrected chi connectivity index (χ2v) is 5.74. The zero-order chi connectivity index (χ0) is 15.5. The Morgan fingerprint density at radius 3 is 2.64 bits per heavy atom. The number of carbonyl (C=O) groups excluding carboxylic acids is 1. The monoisotopic (exact) mass is 296 g/mol. The van der Waals surface area contributed by atoms with Gasteiger partial charge in [0.05, 0.1) is 5.52 Å². The minimum atomic E-state index is -0.0820. The smallest absolute Gasteiger partial charge is 0.258 e. The lowest BCUT2D eigenvalue weighted by Gasteiger charge is -2.25. The number of rotatable bonds is 2. The fraction of sp³-hybridized carbons (Fsp3) is 0.333. The van der Waals surface area contributed by atoms with Gasteiger partial charge in [-0.05, 0) is 42.9 Å². The van der Waals surface area contributed by atoms with Crippen molar-refractivity contribution in [1.82, 2.24) is 9.47 Å². The van der Waals surface area contributed by atoms with Gasteiger partial charge < -0.3 is 9.47 Å². The number of pyridine rings is 1. The maximum absolute atomic E-state index is 12.4. The number of hydrogen-bond acceptors (Lipinski definition) is 2. The standard InChI is InChI=1S/C18H20N2O2/c1-19-16-8-4-3-7-14(16)13-15(18(19)22)9-10-17(21)20-11-5-2-6-12-20/h3-4,7-10,13H,2,5-6,11-12H2,1H3/b10-9+. The van der Waals surface area contributed by atoms with Crippen LogP contribution in [0.5, 0.6) is 0 Å². The summed E-state index contributed by atoms with van der Waals surface area (Å²) in [5, 5.41) is 0.995. The predicted octanol–water partition coefficient (Wildman–Crippen LogP) is 2.56. The number of aromatic nitrogens is 1. The first-order valence-electron chi connectivity index (χ1n) is 7.72. The molecule has 4 nitrogen and oxygen atoms in total. The molecular weight excluding hydrogens is 276 g/mol. The van der Waals surface area contributed by atoms with Gasteiger partial charge in [0.25, 0.3) is 5.56 Å². The molecule has 0 spiro atoms. The highest BCUT2D eigenvalue weighted by molar-refractivity contribution is 5.92. The summed E-state index contributed by atoms with van der Waals surface area (Å²) in [5.41, 5.74) is 1.36. The molecule has 0 aliphatic carbocycles. The van der Waals surface area contributed by atoms with Crippen LogP contribution in [0.1, 0.15) is 24.8 Å². The number of aryl methyl sites for hydroxylation is 1. The summed E-state index contributed by atoms with van der Waals surface area (Å²) in [6.45, 7) is 1.64. The van der Waals surface area contributed by atoms with E-state index in [9.17, 15) is 9.59 Å². The molecular formula is C18H20N2O2. The molecule has 1 aliphatic heterocycles. The summed E-state index contributed by atoms with van der Waals surface area (Å²) in [7, 11) is 1.76. The predicted molar refractivity (Wildman–Crippen MR) is 88.7 cm³/mol. The highest BCUT2D eigenvalue weighted by Crippen LogP contribution is 2.14. The average Bonchev–Trinajstić information content (AvgIpc) is 2.57. The van der Waals surface area contributed by atoms with Crippen LogP contribution in [0.15, 0.2) is 41.2 Å². The van der Waals surface area contributed by atoms with E-state index in [1.807, 2.05) is 35.2 Å². The van der Waals surface area contributed by atoms with Crippen molar-refractivity contribution in [2.24, 2.45) is 7.05 Å². The van der Waals surface area contributed by atoms with Crippen molar-refractivity contribution >= 4 is 22.9 Å². The van der Waals surface area contributed by atoms with Crippen LogP contribution in [0.3, 0.4) is 0 Å². The van der Waals surface area contributed by atoms with Gasteiger partial charge in [-0.15, -0.1) is 0 Å². The van der Waals surface area contributed by atoms with Crippen LogP contribution in [-0.4, -0.2) is 28.5 Å². The summed E-state index contributed by atoms with van der Waals surface area (Å²) in [6.07, 6.45) is 6.50. The molecule has 1 aliphatic rings. The molecule has 114 valence electrons. The van der Waals surface area contributed by atoms with Gasteiger partial charge in [0.1, 0.15) is 0 Å². The van der Waals surface area contributed by atoms with Gasteiger partial charge in [-0.25, -0.2) is 0 Å². The molecule has 1 fully saturated rings. The number of amides is 1. The van der Waals surface area contributed by atoms with Crippen molar-refractivity contribution in [3.8, 4) is 0 Å². The zero-order valence-corrected chi connectivity index (χ0v) is 12.8. The highest BCUT2D eigenvalue weighted by Gasteiger charge is 2.14. The maximum Gasteiger partial charge on any atom is 0.258 e. The Labute approximate surface area is 129 Å². The van der Waals surface area contributed by atoms with Crippen LogP contribution in [0, 0.1) is 0 Å².